The van der Waals surface area contributed by atoms with Crippen molar-refractivity contribution in [2.45, 2.75) is 19.6 Å². The van der Waals surface area contributed by atoms with Crippen LogP contribution in [0, 0.1) is 10.1 Å². The van der Waals surface area contributed by atoms with Gasteiger partial charge in [0.25, 0.3) is 5.69 Å². The molecule has 0 aliphatic rings. The van der Waals surface area contributed by atoms with Crippen molar-refractivity contribution >= 4 is 40.6 Å². The summed E-state index contributed by atoms with van der Waals surface area (Å²) < 4.78 is 0.847. The number of nitrogens with zero attached hydrogens (tertiary/aromatic N) is 2. The van der Waals surface area contributed by atoms with Gasteiger partial charge in [-0.1, -0.05) is 31.0 Å². The van der Waals surface area contributed by atoms with Crippen molar-refractivity contribution in [2.75, 3.05) is 4.98 Å². The van der Waals surface area contributed by atoms with Gasteiger partial charge in [-0.2, -0.15) is 0 Å². The lowest BCUT2D eigenvalue weighted by Gasteiger charge is -2.16. The number of benzene rings is 1. The Balaban J connectivity index is 2.40. The summed E-state index contributed by atoms with van der Waals surface area (Å²) in [6.07, 6.45) is 0. The van der Waals surface area contributed by atoms with Crippen LogP contribution in [0.25, 0.3) is 10.2 Å². The second kappa shape index (κ2) is 4.08. The van der Waals surface area contributed by atoms with Crippen LogP contribution in [-0.2, 0) is 0 Å². The van der Waals surface area contributed by atoms with Gasteiger partial charge < -0.3 is 4.98 Å². The molecule has 0 spiro atoms. The SMILES string of the molecule is C[Si](C)(C)Nc1nc2ccc([N+](=O)[O-])cc2s1. The second-order valence-corrected chi connectivity index (χ2v) is 10.6. The molecule has 1 aromatic carbocycles. The van der Waals surface area contributed by atoms with Gasteiger partial charge in [0.1, 0.15) is 8.24 Å². The highest BCUT2D eigenvalue weighted by atomic mass is 32.1. The molecular formula is C10H13N3O2SSi. The standard InChI is InChI=1S/C10H13N3O2SSi/c1-17(2,3)12-10-11-8-5-4-7(13(14)15)6-9(8)16-10/h4-6H,1-3H3,(H,11,12). The normalized spacial score (nSPS) is 11.7. The second-order valence-electron chi connectivity index (χ2n) is 4.80. The van der Waals surface area contributed by atoms with Crippen molar-refractivity contribution in [3.05, 3.63) is 28.3 Å². The number of nitro groups is 1. The van der Waals surface area contributed by atoms with Crippen LogP contribution in [0.5, 0.6) is 0 Å². The molecule has 0 saturated carbocycles. The molecule has 0 radical (unpaired) electrons. The molecule has 0 unspecified atom stereocenters. The summed E-state index contributed by atoms with van der Waals surface area (Å²) in [6, 6.07) is 4.75. The zero-order chi connectivity index (χ0) is 12.6. The molecule has 90 valence electrons. The van der Waals surface area contributed by atoms with Crippen LogP contribution >= 0.6 is 11.3 Å². The Morgan fingerprint density at radius 3 is 2.71 bits per heavy atom. The van der Waals surface area contributed by atoms with Gasteiger partial charge in [0.05, 0.1) is 15.1 Å². The number of nitrogens with one attached hydrogen (secondary N) is 1. The zero-order valence-electron chi connectivity index (χ0n) is 9.85. The molecule has 1 N–H and O–H groups in total. The minimum absolute atomic E-state index is 0.112. The van der Waals surface area contributed by atoms with E-state index in [4.69, 9.17) is 0 Å². The van der Waals surface area contributed by atoms with Crippen LogP contribution in [0.4, 0.5) is 10.8 Å². The highest BCUT2D eigenvalue weighted by molar-refractivity contribution is 7.22. The number of hydrogen-bond donors (Lipinski definition) is 1. The van der Waals surface area contributed by atoms with E-state index in [0.717, 1.165) is 15.3 Å². The van der Waals surface area contributed by atoms with Crippen molar-refractivity contribution in [3.8, 4) is 0 Å². The first kappa shape index (κ1) is 12.0. The molecular weight excluding hydrogens is 254 g/mol. The first-order chi connectivity index (χ1) is 7.85. The van der Waals surface area contributed by atoms with Crippen molar-refractivity contribution in [3.63, 3.8) is 0 Å². The maximum Gasteiger partial charge on any atom is 0.270 e. The van der Waals surface area contributed by atoms with Crippen LogP contribution in [0.3, 0.4) is 0 Å². The van der Waals surface area contributed by atoms with Gasteiger partial charge in [0.15, 0.2) is 5.13 Å². The minimum Gasteiger partial charge on any atom is -0.388 e. The summed E-state index contributed by atoms with van der Waals surface area (Å²) in [6.45, 7) is 6.55. The number of rotatable bonds is 3. The van der Waals surface area contributed by atoms with Crippen LogP contribution in [0.15, 0.2) is 18.2 Å². The Hall–Kier alpha value is -1.47. The molecule has 0 bridgehead atoms. The fourth-order valence-corrected chi connectivity index (χ4v) is 3.97. The zero-order valence-corrected chi connectivity index (χ0v) is 11.7. The summed E-state index contributed by atoms with van der Waals surface area (Å²) in [4.78, 5) is 18.1. The molecule has 0 fully saturated rings. The number of fused-ring (bicyclic) bond motifs is 1. The highest BCUT2D eigenvalue weighted by Crippen LogP contribution is 2.29. The molecule has 0 atom stereocenters. The van der Waals surface area contributed by atoms with E-state index < -0.39 is 8.24 Å². The smallest absolute Gasteiger partial charge is 0.270 e. The molecule has 0 aliphatic carbocycles. The largest absolute Gasteiger partial charge is 0.388 e. The number of nitro benzene ring substituents is 1. The number of non-ortho nitro benzene ring substituents is 1. The summed E-state index contributed by atoms with van der Waals surface area (Å²) in [7, 11) is -1.43. The van der Waals surface area contributed by atoms with Crippen LogP contribution in [0.1, 0.15) is 0 Å². The van der Waals surface area contributed by atoms with Crippen molar-refractivity contribution in [1.29, 1.82) is 0 Å². The molecule has 17 heavy (non-hydrogen) atoms. The van der Waals surface area contributed by atoms with E-state index in [1.54, 1.807) is 12.1 Å². The summed E-state index contributed by atoms with van der Waals surface area (Å²) in [5, 5.41) is 11.5. The van der Waals surface area contributed by atoms with E-state index in [0.29, 0.717) is 0 Å². The molecule has 2 aromatic rings. The predicted molar refractivity (Wildman–Crippen MR) is 73.2 cm³/mol. The topological polar surface area (TPSA) is 68.1 Å². The van der Waals surface area contributed by atoms with Crippen LogP contribution < -0.4 is 4.98 Å². The third kappa shape index (κ3) is 2.80. The Morgan fingerprint density at radius 2 is 2.12 bits per heavy atom. The maximum absolute atomic E-state index is 10.7. The quantitative estimate of drug-likeness (QED) is 0.525. The van der Waals surface area contributed by atoms with Gasteiger partial charge in [0.2, 0.25) is 0 Å². The number of thiazole rings is 1. The molecule has 7 heteroatoms. The first-order valence-electron chi connectivity index (χ1n) is 5.18. The van der Waals surface area contributed by atoms with Crippen LogP contribution in [-0.4, -0.2) is 18.1 Å². The molecule has 5 nitrogen and oxygen atoms in total. The lowest BCUT2D eigenvalue weighted by Crippen LogP contribution is -2.31. The average molecular weight is 267 g/mol. The lowest BCUT2D eigenvalue weighted by atomic mass is 10.3. The third-order valence-corrected chi connectivity index (χ3v) is 4.17. The fraction of sp³-hybridized carbons (Fsp3) is 0.300. The molecule has 1 aromatic heterocycles. The number of anilines is 1. The monoisotopic (exact) mass is 267 g/mol. The first-order valence-corrected chi connectivity index (χ1v) is 9.50. The average Bonchev–Trinajstić information content (AvgIpc) is 2.54. The van der Waals surface area contributed by atoms with Crippen molar-refractivity contribution in [1.82, 2.24) is 4.98 Å². The molecule has 2 rings (SSSR count). The third-order valence-electron chi connectivity index (χ3n) is 2.06. The Bertz CT molecular complexity index is 576. The molecule has 0 saturated heterocycles. The molecule has 0 aliphatic heterocycles. The summed E-state index contributed by atoms with van der Waals surface area (Å²) >= 11 is 1.46. The predicted octanol–water partition coefficient (Wildman–Crippen LogP) is 3.45. The van der Waals surface area contributed by atoms with Gasteiger partial charge >= 0.3 is 0 Å². The number of aromatic nitrogens is 1. The molecule has 1 heterocycles. The van der Waals surface area contributed by atoms with Gasteiger partial charge in [-0.25, -0.2) is 4.98 Å². The van der Waals surface area contributed by atoms with E-state index in [9.17, 15) is 10.1 Å². The van der Waals surface area contributed by atoms with Crippen molar-refractivity contribution < 1.29 is 4.92 Å². The Kier molecular flexibility index (Phi) is 2.88. The number of hydrogen-bond acceptors (Lipinski definition) is 5. The molecule has 0 amide bonds. The Labute approximate surface area is 104 Å². The van der Waals surface area contributed by atoms with E-state index in [-0.39, 0.29) is 10.6 Å². The van der Waals surface area contributed by atoms with Crippen molar-refractivity contribution in [2.24, 2.45) is 0 Å². The van der Waals surface area contributed by atoms with Gasteiger partial charge in [-0.3, -0.25) is 10.1 Å². The summed E-state index contributed by atoms with van der Waals surface area (Å²) in [5.74, 6) is 0. The highest BCUT2D eigenvalue weighted by Gasteiger charge is 2.16. The lowest BCUT2D eigenvalue weighted by molar-refractivity contribution is -0.384. The van der Waals surface area contributed by atoms with Gasteiger partial charge in [0, 0.05) is 12.1 Å². The van der Waals surface area contributed by atoms with E-state index in [1.165, 1.54) is 17.4 Å². The van der Waals surface area contributed by atoms with Gasteiger partial charge in [-0.15, -0.1) is 0 Å². The van der Waals surface area contributed by atoms with Crippen LogP contribution in [0.2, 0.25) is 19.6 Å². The van der Waals surface area contributed by atoms with E-state index in [1.807, 2.05) is 0 Å². The van der Waals surface area contributed by atoms with E-state index >= 15 is 0 Å². The fourth-order valence-electron chi connectivity index (χ4n) is 1.40. The maximum atomic E-state index is 10.7. The Morgan fingerprint density at radius 1 is 1.41 bits per heavy atom. The summed E-state index contributed by atoms with van der Waals surface area (Å²) in [5.41, 5.74) is 0.919. The minimum atomic E-state index is -1.43. The van der Waals surface area contributed by atoms with E-state index in [2.05, 4.69) is 29.6 Å². The van der Waals surface area contributed by atoms with Gasteiger partial charge in [-0.05, 0) is 6.07 Å².